The normalized spacial score (nSPS) is 20.7. The van der Waals surface area contributed by atoms with Crippen molar-refractivity contribution in [3.8, 4) is 0 Å². The van der Waals surface area contributed by atoms with Crippen molar-refractivity contribution in [2.24, 2.45) is 11.5 Å². The van der Waals surface area contributed by atoms with Gasteiger partial charge in [0.15, 0.2) is 0 Å². The van der Waals surface area contributed by atoms with Crippen LogP contribution >= 0.6 is 0 Å². The molecular formula is C16H26N4O2. The number of rotatable bonds is 6. The Morgan fingerprint density at radius 3 is 2.36 bits per heavy atom. The van der Waals surface area contributed by atoms with E-state index in [2.05, 4.69) is 29.2 Å². The van der Waals surface area contributed by atoms with Crippen molar-refractivity contribution in [1.82, 2.24) is 9.80 Å². The molecule has 0 aromatic heterocycles. The molecule has 1 aliphatic rings. The number of primary amides is 1. The van der Waals surface area contributed by atoms with Gasteiger partial charge in [0.2, 0.25) is 5.91 Å². The number of aliphatic hydroxyl groups excluding tert-OH is 1. The zero-order valence-electron chi connectivity index (χ0n) is 12.9. The number of hydrogen-bond donors (Lipinski definition) is 3. The summed E-state index contributed by atoms with van der Waals surface area (Å²) in [6.07, 6.45) is 0.434. The molecule has 0 aliphatic carbocycles. The van der Waals surface area contributed by atoms with Crippen LogP contribution in [0.4, 0.5) is 0 Å². The van der Waals surface area contributed by atoms with E-state index >= 15 is 0 Å². The maximum Gasteiger partial charge on any atom is 0.231 e. The van der Waals surface area contributed by atoms with E-state index in [1.54, 1.807) is 0 Å². The fourth-order valence-electron chi connectivity index (χ4n) is 2.86. The largest absolute Gasteiger partial charge is 0.390 e. The van der Waals surface area contributed by atoms with Crippen LogP contribution in [-0.4, -0.2) is 66.2 Å². The molecule has 2 rings (SSSR count). The Kier molecular flexibility index (Phi) is 6.33. The Morgan fingerprint density at radius 2 is 1.73 bits per heavy atom. The number of hydrogen-bond acceptors (Lipinski definition) is 5. The third-order valence-corrected chi connectivity index (χ3v) is 3.91. The molecule has 6 nitrogen and oxygen atoms in total. The van der Waals surface area contributed by atoms with E-state index in [1.807, 2.05) is 4.90 Å². The topological polar surface area (TPSA) is 95.8 Å². The zero-order chi connectivity index (χ0) is 15.9. The van der Waals surface area contributed by atoms with Crippen LogP contribution in [0.1, 0.15) is 11.1 Å². The van der Waals surface area contributed by atoms with Gasteiger partial charge in [-0.3, -0.25) is 14.6 Å². The molecule has 0 spiro atoms. The van der Waals surface area contributed by atoms with Gasteiger partial charge in [-0.15, -0.1) is 0 Å². The van der Waals surface area contributed by atoms with Crippen LogP contribution in [0.15, 0.2) is 24.3 Å². The Bertz CT molecular complexity index is 478. The Balaban J connectivity index is 1.90. The second kappa shape index (κ2) is 8.24. The molecule has 1 atom stereocenters. The first-order chi connectivity index (χ1) is 10.6. The Morgan fingerprint density at radius 1 is 1.14 bits per heavy atom. The highest BCUT2D eigenvalue weighted by Gasteiger charge is 2.22. The van der Waals surface area contributed by atoms with E-state index in [0.29, 0.717) is 19.6 Å². The molecule has 1 saturated heterocycles. The summed E-state index contributed by atoms with van der Waals surface area (Å²) in [5.74, 6) is -0.351. The summed E-state index contributed by atoms with van der Waals surface area (Å²) in [6.45, 7) is 4.32. The molecule has 6 heteroatoms. The smallest absolute Gasteiger partial charge is 0.231 e. The molecular weight excluding hydrogens is 280 g/mol. The van der Waals surface area contributed by atoms with Crippen molar-refractivity contribution < 1.29 is 9.90 Å². The number of carbonyl (C=O) groups is 1. The molecule has 1 aliphatic heterocycles. The van der Waals surface area contributed by atoms with E-state index in [1.165, 1.54) is 11.1 Å². The quantitative estimate of drug-likeness (QED) is 0.636. The summed E-state index contributed by atoms with van der Waals surface area (Å²) in [6, 6.07) is 8.44. The average Bonchev–Trinajstić information content (AvgIpc) is 2.62. The van der Waals surface area contributed by atoms with Crippen molar-refractivity contribution in [2.75, 3.05) is 39.3 Å². The predicted octanol–water partition coefficient (Wildman–Crippen LogP) is -0.848. The minimum absolute atomic E-state index is 0.207. The molecule has 0 bridgehead atoms. The number of amides is 1. The van der Waals surface area contributed by atoms with Crippen LogP contribution in [0.25, 0.3) is 0 Å². The van der Waals surface area contributed by atoms with Gasteiger partial charge >= 0.3 is 0 Å². The summed E-state index contributed by atoms with van der Waals surface area (Å²) < 4.78 is 0. The molecule has 1 aromatic rings. The van der Waals surface area contributed by atoms with Gasteiger partial charge in [0.25, 0.3) is 0 Å². The molecule has 1 fully saturated rings. The molecule has 1 aromatic carbocycles. The number of nitrogens with zero attached hydrogens (tertiary/aromatic N) is 2. The third kappa shape index (κ3) is 5.38. The van der Waals surface area contributed by atoms with E-state index in [4.69, 9.17) is 11.5 Å². The lowest BCUT2D eigenvalue weighted by molar-refractivity contribution is -0.119. The predicted molar refractivity (Wildman–Crippen MR) is 86.1 cm³/mol. The van der Waals surface area contributed by atoms with Gasteiger partial charge < -0.3 is 16.6 Å². The number of aliphatic hydroxyl groups is 1. The van der Waals surface area contributed by atoms with Crippen LogP contribution in [0, 0.1) is 0 Å². The second-order valence-corrected chi connectivity index (χ2v) is 5.95. The Labute approximate surface area is 131 Å². The van der Waals surface area contributed by atoms with E-state index in [-0.39, 0.29) is 12.5 Å². The molecule has 0 radical (unpaired) electrons. The first-order valence-electron chi connectivity index (χ1n) is 7.76. The SMILES string of the molecule is NCCc1ccc(CN2CCN(CC(N)=O)C[C@@H](O)C2)cc1. The number of nitrogens with two attached hydrogens (primary N) is 2. The van der Waals surface area contributed by atoms with Crippen LogP contribution < -0.4 is 11.5 Å². The van der Waals surface area contributed by atoms with Gasteiger partial charge in [-0.1, -0.05) is 24.3 Å². The van der Waals surface area contributed by atoms with Gasteiger partial charge in [-0.05, 0) is 24.1 Å². The third-order valence-electron chi connectivity index (χ3n) is 3.91. The highest BCUT2D eigenvalue weighted by molar-refractivity contribution is 5.75. The van der Waals surface area contributed by atoms with Gasteiger partial charge in [0, 0.05) is 32.7 Å². The fourth-order valence-corrected chi connectivity index (χ4v) is 2.86. The zero-order valence-corrected chi connectivity index (χ0v) is 12.9. The van der Waals surface area contributed by atoms with Crippen LogP contribution in [-0.2, 0) is 17.8 Å². The number of benzene rings is 1. The molecule has 1 amide bonds. The summed E-state index contributed by atoms with van der Waals surface area (Å²) in [7, 11) is 0. The second-order valence-electron chi connectivity index (χ2n) is 5.95. The lowest BCUT2D eigenvalue weighted by Gasteiger charge is -2.21. The molecule has 0 unspecified atom stereocenters. The molecule has 122 valence electrons. The monoisotopic (exact) mass is 306 g/mol. The average molecular weight is 306 g/mol. The minimum Gasteiger partial charge on any atom is -0.390 e. The van der Waals surface area contributed by atoms with Crippen molar-refractivity contribution >= 4 is 5.91 Å². The van der Waals surface area contributed by atoms with E-state index in [9.17, 15) is 9.90 Å². The summed E-state index contributed by atoms with van der Waals surface area (Å²) in [5, 5.41) is 10.1. The fraction of sp³-hybridized carbons (Fsp3) is 0.562. The van der Waals surface area contributed by atoms with Gasteiger partial charge in [-0.2, -0.15) is 0 Å². The van der Waals surface area contributed by atoms with Crippen LogP contribution in [0.3, 0.4) is 0 Å². The summed E-state index contributed by atoms with van der Waals surface area (Å²) in [5.41, 5.74) is 13.3. The van der Waals surface area contributed by atoms with E-state index in [0.717, 1.165) is 26.1 Å². The van der Waals surface area contributed by atoms with Crippen molar-refractivity contribution in [3.63, 3.8) is 0 Å². The van der Waals surface area contributed by atoms with Gasteiger partial charge in [0.05, 0.1) is 12.6 Å². The van der Waals surface area contributed by atoms with Crippen LogP contribution in [0.2, 0.25) is 0 Å². The standard InChI is InChI=1S/C16H26N4O2/c17-6-5-13-1-3-14(4-2-13)9-19-7-8-20(12-16(18)22)11-15(21)10-19/h1-4,15,21H,5-12,17H2,(H2,18,22)/t15-/m0/s1. The van der Waals surface area contributed by atoms with Gasteiger partial charge in [0.1, 0.15) is 0 Å². The van der Waals surface area contributed by atoms with Crippen molar-refractivity contribution in [3.05, 3.63) is 35.4 Å². The lowest BCUT2D eigenvalue weighted by Crippen LogP contribution is -2.38. The van der Waals surface area contributed by atoms with E-state index < -0.39 is 6.10 Å². The van der Waals surface area contributed by atoms with Gasteiger partial charge in [-0.25, -0.2) is 0 Å². The minimum atomic E-state index is -0.460. The highest BCUT2D eigenvalue weighted by Crippen LogP contribution is 2.11. The molecule has 5 N–H and O–H groups in total. The maximum absolute atomic E-state index is 11.0. The molecule has 22 heavy (non-hydrogen) atoms. The number of carbonyl (C=O) groups excluding carboxylic acids is 1. The van der Waals surface area contributed by atoms with Crippen molar-refractivity contribution in [1.29, 1.82) is 0 Å². The highest BCUT2D eigenvalue weighted by atomic mass is 16.3. The summed E-state index contributed by atoms with van der Waals surface area (Å²) in [4.78, 5) is 15.1. The first-order valence-corrected chi connectivity index (χ1v) is 7.76. The Hall–Kier alpha value is -1.47. The maximum atomic E-state index is 11.0. The molecule has 1 heterocycles. The van der Waals surface area contributed by atoms with Crippen LogP contribution in [0.5, 0.6) is 0 Å². The molecule has 0 saturated carbocycles. The lowest BCUT2D eigenvalue weighted by atomic mass is 10.1. The summed E-state index contributed by atoms with van der Waals surface area (Å²) >= 11 is 0. The first kappa shape index (κ1) is 16.9. The number of β-amino-alcohol motifs (C(OH)–C–C–N with tert-alkyl or cyclic N) is 1. The van der Waals surface area contributed by atoms with Crippen molar-refractivity contribution in [2.45, 2.75) is 19.1 Å².